The zero-order chi connectivity index (χ0) is 16.1. The van der Waals surface area contributed by atoms with Gasteiger partial charge in [-0.1, -0.05) is 6.07 Å². The minimum atomic E-state index is -0.906. The van der Waals surface area contributed by atoms with Crippen LogP contribution in [-0.4, -0.2) is 39.0 Å². The fourth-order valence-electron chi connectivity index (χ4n) is 2.79. The summed E-state index contributed by atoms with van der Waals surface area (Å²) >= 11 is 0. The van der Waals surface area contributed by atoms with Crippen LogP contribution < -0.4 is 0 Å². The van der Waals surface area contributed by atoms with E-state index in [0.717, 1.165) is 16.8 Å². The van der Waals surface area contributed by atoms with Crippen molar-refractivity contribution in [1.82, 2.24) is 14.7 Å². The number of nitrogens with zero attached hydrogens (tertiary/aromatic N) is 3. The zero-order valence-electron chi connectivity index (χ0n) is 13.3. The molecule has 0 saturated heterocycles. The summed E-state index contributed by atoms with van der Waals surface area (Å²) in [6.45, 7) is 5.98. The monoisotopic (exact) mass is 301 g/mol. The molecule has 2 heterocycles. The van der Waals surface area contributed by atoms with E-state index >= 15 is 0 Å². The van der Waals surface area contributed by atoms with Crippen LogP contribution in [0.4, 0.5) is 4.39 Å². The highest BCUT2D eigenvalue weighted by atomic mass is 19.1. The normalized spacial score (nSPS) is 16.0. The summed E-state index contributed by atoms with van der Waals surface area (Å²) in [6.07, 6.45) is 3.88. The van der Waals surface area contributed by atoms with Crippen molar-refractivity contribution in [3.05, 3.63) is 47.6 Å². The van der Waals surface area contributed by atoms with Gasteiger partial charge in [0.2, 0.25) is 0 Å². The van der Waals surface area contributed by atoms with Crippen molar-refractivity contribution in [1.29, 1.82) is 0 Å². The smallest absolute Gasteiger partial charge is 0.134 e. The van der Waals surface area contributed by atoms with Gasteiger partial charge in [0.1, 0.15) is 5.82 Å². The molecule has 5 heteroatoms. The molecule has 4 nitrogen and oxygen atoms in total. The third-order valence-electron chi connectivity index (χ3n) is 3.96. The molecule has 2 aromatic rings. The van der Waals surface area contributed by atoms with Crippen LogP contribution in [0.1, 0.15) is 19.5 Å². The number of hydrogen-bond acceptors (Lipinski definition) is 3. The lowest BCUT2D eigenvalue weighted by Crippen LogP contribution is -2.32. The maximum absolute atomic E-state index is 14.0. The third-order valence-corrected chi connectivity index (χ3v) is 3.96. The van der Waals surface area contributed by atoms with E-state index in [1.165, 1.54) is 6.07 Å². The summed E-state index contributed by atoms with van der Waals surface area (Å²) in [6, 6.07) is 4.98. The van der Waals surface area contributed by atoms with Crippen molar-refractivity contribution in [2.75, 3.05) is 13.6 Å². The van der Waals surface area contributed by atoms with Gasteiger partial charge in [-0.3, -0.25) is 0 Å². The van der Waals surface area contributed by atoms with E-state index < -0.39 is 5.60 Å². The Bertz CT molecular complexity index is 796. The van der Waals surface area contributed by atoms with Crippen molar-refractivity contribution in [2.45, 2.75) is 26.4 Å². The number of aryl methyl sites for hydroxylation is 1. The molecule has 0 radical (unpaired) electrons. The van der Waals surface area contributed by atoms with E-state index in [0.29, 0.717) is 17.6 Å². The average Bonchev–Trinajstić information content (AvgIpc) is 2.76. The second-order valence-corrected chi connectivity index (χ2v) is 6.33. The fourth-order valence-corrected chi connectivity index (χ4v) is 2.79. The van der Waals surface area contributed by atoms with Gasteiger partial charge in [0.25, 0.3) is 0 Å². The molecule has 116 valence electrons. The van der Waals surface area contributed by atoms with Crippen LogP contribution >= 0.6 is 0 Å². The zero-order valence-corrected chi connectivity index (χ0v) is 13.3. The van der Waals surface area contributed by atoms with Gasteiger partial charge in [-0.15, -0.1) is 0 Å². The van der Waals surface area contributed by atoms with Crippen LogP contribution in [0.25, 0.3) is 16.6 Å². The molecule has 1 aliphatic rings. The average molecular weight is 301 g/mol. The van der Waals surface area contributed by atoms with Gasteiger partial charge in [0.15, 0.2) is 0 Å². The van der Waals surface area contributed by atoms with Gasteiger partial charge >= 0.3 is 0 Å². The highest BCUT2D eigenvalue weighted by Crippen LogP contribution is 2.29. The van der Waals surface area contributed by atoms with E-state index in [1.54, 1.807) is 31.5 Å². The van der Waals surface area contributed by atoms with Gasteiger partial charge in [0, 0.05) is 19.8 Å². The Morgan fingerprint density at radius 3 is 2.73 bits per heavy atom. The number of hydrogen-bond donors (Lipinski definition) is 1. The fraction of sp³-hybridized carbons (Fsp3) is 0.353. The van der Waals surface area contributed by atoms with Gasteiger partial charge in [-0.05, 0) is 44.6 Å². The summed E-state index contributed by atoms with van der Waals surface area (Å²) in [5.41, 5.74) is 2.18. The Kier molecular flexibility index (Phi) is 3.33. The van der Waals surface area contributed by atoms with Crippen molar-refractivity contribution >= 4 is 16.6 Å². The Morgan fingerprint density at radius 2 is 2.05 bits per heavy atom. The highest BCUT2D eigenvalue weighted by Gasteiger charge is 2.24. The summed E-state index contributed by atoms with van der Waals surface area (Å²) in [5, 5.41) is 15.3. The summed E-state index contributed by atoms with van der Waals surface area (Å²) in [4.78, 5) is 1.99. The molecule has 22 heavy (non-hydrogen) atoms. The number of allylic oxidation sites excluding steroid dienone is 2. The van der Waals surface area contributed by atoms with Gasteiger partial charge < -0.3 is 10.0 Å². The van der Waals surface area contributed by atoms with Crippen LogP contribution in [-0.2, 0) is 0 Å². The topological polar surface area (TPSA) is 41.3 Å². The lowest BCUT2D eigenvalue weighted by atomic mass is 9.95. The quantitative estimate of drug-likeness (QED) is 0.927. The Labute approximate surface area is 129 Å². The summed E-state index contributed by atoms with van der Waals surface area (Å²) in [7, 11) is 1.94. The summed E-state index contributed by atoms with van der Waals surface area (Å²) in [5.74, 6) is -0.266. The van der Waals surface area contributed by atoms with Gasteiger partial charge in [0.05, 0.1) is 27.9 Å². The molecule has 0 spiro atoms. The molecule has 1 N–H and O–H groups in total. The van der Waals surface area contributed by atoms with Crippen molar-refractivity contribution in [3.63, 3.8) is 0 Å². The molecular weight excluding hydrogens is 281 g/mol. The minimum Gasteiger partial charge on any atom is -0.386 e. The van der Waals surface area contributed by atoms with Crippen molar-refractivity contribution < 1.29 is 9.50 Å². The van der Waals surface area contributed by atoms with Crippen LogP contribution in [0.5, 0.6) is 0 Å². The van der Waals surface area contributed by atoms with E-state index in [9.17, 15) is 9.50 Å². The first-order chi connectivity index (χ1) is 10.3. The molecule has 0 saturated carbocycles. The Morgan fingerprint density at radius 1 is 1.32 bits per heavy atom. The predicted octanol–water partition coefficient (Wildman–Crippen LogP) is 2.92. The van der Waals surface area contributed by atoms with Crippen LogP contribution in [0.2, 0.25) is 0 Å². The molecule has 0 atom stereocenters. The van der Waals surface area contributed by atoms with Crippen molar-refractivity contribution in [2.24, 2.45) is 0 Å². The maximum Gasteiger partial charge on any atom is 0.134 e. The van der Waals surface area contributed by atoms with Crippen LogP contribution in [0, 0.1) is 12.7 Å². The molecule has 0 unspecified atom stereocenters. The first-order valence-corrected chi connectivity index (χ1v) is 7.27. The Balaban J connectivity index is 2.19. The maximum atomic E-state index is 14.0. The second-order valence-electron chi connectivity index (χ2n) is 6.33. The SMILES string of the molecule is Cc1nn(C2=CN(C)CC(C(C)(C)O)=C2)c2cccc(F)c12. The Hall–Kier alpha value is -2.14. The molecule has 0 amide bonds. The van der Waals surface area contributed by atoms with E-state index in [4.69, 9.17) is 0 Å². The second kappa shape index (κ2) is 4.95. The lowest BCUT2D eigenvalue weighted by molar-refractivity contribution is 0.112. The number of halogens is 1. The first kappa shape index (κ1) is 14.8. The van der Waals surface area contributed by atoms with Gasteiger partial charge in [-0.2, -0.15) is 5.10 Å². The number of benzene rings is 1. The van der Waals surface area contributed by atoms with E-state index in [-0.39, 0.29) is 5.82 Å². The molecule has 1 aromatic carbocycles. The number of fused-ring (bicyclic) bond motifs is 1. The first-order valence-electron chi connectivity index (χ1n) is 7.27. The number of aromatic nitrogens is 2. The molecule has 0 aliphatic carbocycles. The molecule has 0 bridgehead atoms. The third kappa shape index (κ3) is 2.41. The number of likely N-dealkylation sites (N-methyl/N-ethyl adjacent to an activating group) is 1. The molecule has 3 rings (SSSR count). The van der Waals surface area contributed by atoms with Crippen LogP contribution in [0.3, 0.4) is 0 Å². The number of aliphatic hydroxyl groups is 1. The largest absolute Gasteiger partial charge is 0.386 e. The van der Waals surface area contributed by atoms with E-state index in [1.807, 2.05) is 30.3 Å². The highest BCUT2D eigenvalue weighted by molar-refractivity contribution is 5.86. The number of rotatable bonds is 2. The standard InChI is InChI=1S/C17H20FN3O/c1-11-16-14(18)6-5-7-15(16)21(19-11)13-8-12(17(2,3)22)9-20(4)10-13/h5-8,10,22H,9H2,1-4H3. The predicted molar refractivity (Wildman–Crippen MR) is 85.7 cm³/mol. The van der Waals surface area contributed by atoms with Gasteiger partial charge in [-0.25, -0.2) is 9.07 Å². The van der Waals surface area contributed by atoms with Crippen molar-refractivity contribution in [3.8, 4) is 0 Å². The van der Waals surface area contributed by atoms with Crippen LogP contribution in [0.15, 0.2) is 36.0 Å². The minimum absolute atomic E-state index is 0.266. The summed E-state index contributed by atoms with van der Waals surface area (Å²) < 4.78 is 15.8. The molecule has 1 aromatic heterocycles. The molecule has 1 aliphatic heterocycles. The van der Waals surface area contributed by atoms with E-state index in [2.05, 4.69) is 5.10 Å². The molecule has 0 fully saturated rings. The lowest BCUT2D eigenvalue weighted by Gasteiger charge is -2.30. The molecular formula is C17H20FN3O.